The molecule has 0 radical (unpaired) electrons. The number of nitrogens with two attached hydrogens (primary N) is 1. The fraction of sp³-hybridized carbons (Fsp3) is 1.00. The van der Waals surface area contributed by atoms with E-state index in [0.29, 0.717) is 19.3 Å². The Labute approximate surface area is 88.0 Å². The van der Waals surface area contributed by atoms with Gasteiger partial charge in [-0.15, -0.1) is 0 Å². The van der Waals surface area contributed by atoms with Gasteiger partial charge in [-0.05, 0) is 12.8 Å². The van der Waals surface area contributed by atoms with Crippen LogP contribution in [0.25, 0.3) is 0 Å². The second-order valence-corrected chi connectivity index (χ2v) is 7.01. The first-order chi connectivity index (χ1) is 6.63. The van der Waals surface area contributed by atoms with E-state index in [-0.39, 0.29) is 12.6 Å². The van der Waals surface area contributed by atoms with Crippen LogP contribution in [0, 0.1) is 0 Å². The fourth-order valence-corrected chi connectivity index (χ4v) is 2.17. The van der Waals surface area contributed by atoms with Crippen LogP contribution in [-0.2, 0) is 9.13 Å². The molecule has 6 N–H and O–H groups in total. The zero-order valence-electron chi connectivity index (χ0n) is 8.19. The van der Waals surface area contributed by atoms with Gasteiger partial charge in [0.25, 0.3) is 0 Å². The molecule has 0 rings (SSSR count). The molecule has 92 valence electrons. The number of hydrogen-bond acceptors (Lipinski definition) is 3. The summed E-state index contributed by atoms with van der Waals surface area (Å²) in [6, 6.07) is 0. The van der Waals surface area contributed by atoms with E-state index in [1.807, 2.05) is 0 Å². The average molecular weight is 261 g/mol. The summed E-state index contributed by atoms with van der Waals surface area (Å²) in [5, 5.41) is 0. The standard InChI is InChI=1S/C6H17NO6P2/c7-6(15(11,12)13)4-2-1-3-5-14(8,9)10/h6H,1-5,7H2,(H2,8,9,10)(H2,11,12,13). The maximum atomic E-state index is 10.6. The molecule has 0 aliphatic heterocycles. The molecule has 0 aromatic heterocycles. The lowest BCUT2D eigenvalue weighted by molar-refractivity contribution is 0.352. The minimum atomic E-state index is -4.21. The first kappa shape index (κ1) is 15.3. The quantitative estimate of drug-likeness (QED) is 0.325. The van der Waals surface area contributed by atoms with Crippen LogP contribution in [0.5, 0.6) is 0 Å². The smallest absolute Gasteiger partial charge is 0.324 e. The molecular weight excluding hydrogens is 244 g/mol. The Balaban J connectivity index is 3.56. The molecule has 0 aliphatic carbocycles. The molecule has 15 heavy (non-hydrogen) atoms. The molecule has 0 fully saturated rings. The molecule has 0 aromatic rings. The van der Waals surface area contributed by atoms with E-state index < -0.39 is 21.0 Å². The van der Waals surface area contributed by atoms with E-state index in [1.54, 1.807) is 0 Å². The number of unbranched alkanes of at least 4 members (excludes halogenated alkanes) is 2. The maximum absolute atomic E-state index is 10.6. The Morgan fingerprint density at radius 1 is 1.00 bits per heavy atom. The van der Waals surface area contributed by atoms with E-state index in [1.165, 1.54) is 0 Å². The largest absolute Gasteiger partial charge is 0.342 e. The van der Waals surface area contributed by atoms with Crippen molar-refractivity contribution in [2.24, 2.45) is 5.73 Å². The van der Waals surface area contributed by atoms with Gasteiger partial charge in [0, 0.05) is 6.16 Å². The summed E-state index contributed by atoms with van der Waals surface area (Å²) in [5.41, 5.74) is 5.20. The first-order valence-electron chi connectivity index (χ1n) is 4.48. The summed E-state index contributed by atoms with van der Waals surface area (Å²) in [6.07, 6.45) is 1.24. The molecule has 0 aliphatic rings. The van der Waals surface area contributed by atoms with Gasteiger partial charge >= 0.3 is 15.2 Å². The first-order valence-corrected chi connectivity index (χ1v) is 7.96. The molecule has 0 aromatic carbocycles. The Morgan fingerprint density at radius 2 is 1.53 bits per heavy atom. The molecule has 0 saturated carbocycles. The Morgan fingerprint density at radius 3 is 1.93 bits per heavy atom. The van der Waals surface area contributed by atoms with Crippen LogP contribution < -0.4 is 5.73 Å². The van der Waals surface area contributed by atoms with Crippen LogP contribution in [0.3, 0.4) is 0 Å². The number of hydrogen-bond donors (Lipinski definition) is 5. The highest BCUT2D eigenvalue weighted by Gasteiger charge is 2.23. The molecule has 0 heterocycles. The second-order valence-electron chi connectivity index (χ2n) is 3.39. The predicted molar refractivity (Wildman–Crippen MR) is 55.4 cm³/mol. The van der Waals surface area contributed by atoms with Crippen molar-refractivity contribution in [1.29, 1.82) is 0 Å². The SMILES string of the molecule is NC(CCCCCP(=O)(O)O)P(=O)(O)O. The van der Waals surface area contributed by atoms with Crippen LogP contribution in [0.15, 0.2) is 0 Å². The monoisotopic (exact) mass is 261 g/mol. The third-order valence-corrected chi connectivity index (χ3v) is 3.90. The average Bonchev–Trinajstić information content (AvgIpc) is 1.99. The van der Waals surface area contributed by atoms with Crippen molar-refractivity contribution in [3.8, 4) is 0 Å². The third kappa shape index (κ3) is 9.20. The van der Waals surface area contributed by atoms with Crippen molar-refractivity contribution in [2.45, 2.75) is 31.5 Å². The van der Waals surface area contributed by atoms with Gasteiger partial charge in [-0.2, -0.15) is 0 Å². The van der Waals surface area contributed by atoms with Crippen molar-refractivity contribution in [3.05, 3.63) is 0 Å². The zero-order valence-corrected chi connectivity index (χ0v) is 9.98. The molecule has 0 saturated heterocycles. The molecule has 7 nitrogen and oxygen atoms in total. The lowest BCUT2D eigenvalue weighted by Gasteiger charge is -2.12. The van der Waals surface area contributed by atoms with Crippen molar-refractivity contribution < 1.29 is 28.7 Å². The highest BCUT2D eigenvalue weighted by atomic mass is 31.2. The minimum Gasteiger partial charge on any atom is -0.324 e. The second kappa shape index (κ2) is 6.11. The van der Waals surface area contributed by atoms with Gasteiger partial charge in [0.2, 0.25) is 0 Å². The van der Waals surface area contributed by atoms with Gasteiger partial charge in [-0.1, -0.05) is 12.8 Å². The summed E-state index contributed by atoms with van der Waals surface area (Å²) in [7, 11) is -8.16. The van der Waals surface area contributed by atoms with E-state index >= 15 is 0 Å². The van der Waals surface area contributed by atoms with Crippen molar-refractivity contribution in [1.82, 2.24) is 0 Å². The van der Waals surface area contributed by atoms with Crippen molar-refractivity contribution >= 4 is 15.2 Å². The summed E-state index contributed by atoms with van der Waals surface area (Å²) in [6.45, 7) is 0. The van der Waals surface area contributed by atoms with Crippen LogP contribution in [0.1, 0.15) is 25.7 Å². The topological polar surface area (TPSA) is 141 Å². The molecule has 1 unspecified atom stereocenters. The molecule has 1 atom stereocenters. The Kier molecular flexibility index (Phi) is 6.21. The molecule has 0 amide bonds. The van der Waals surface area contributed by atoms with E-state index in [2.05, 4.69) is 0 Å². The summed E-state index contributed by atoms with van der Waals surface area (Å²) < 4.78 is 21.0. The Hall–Kier alpha value is 0.260. The molecule has 0 bridgehead atoms. The number of rotatable bonds is 7. The maximum Gasteiger partial charge on any atom is 0.342 e. The van der Waals surface area contributed by atoms with Gasteiger partial charge in [0.1, 0.15) is 5.78 Å². The highest BCUT2D eigenvalue weighted by molar-refractivity contribution is 7.52. The Bertz CT molecular complexity index is 271. The summed E-state index contributed by atoms with van der Waals surface area (Å²) in [4.78, 5) is 34.3. The van der Waals surface area contributed by atoms with Gasteiger partial charge in [-0.3, -0.25) is 9.13 Å². The third-order valence-electron chi connectivity index (χ3n) is 1.88. The lowest BCUT2D eigenvalue weighted by atomic mass is 10.2. The van der Waals surface area contributed by atoms with Crippen molar-refractivity contribution in [2.75, 3.05) is 6.16 Å². The van der Waals surface area contributed by atoms with Crippen LogP contribution in [-0.4, -0.2) is 31.5 Å². The highest BCUT2D eigenvalue weighted by Crippen LogP contribution is 2.40. The summed E-state index contributed by atoms with van der Waals surface area (Å²) in [5.74, 6) is -1.17. The lowest BCUT2D eigenvalue weighted by Crippen LogP contribution is -2.19. The van der Waals surface area contributed by atoms with Crippen LogP contribution in [0.4, 0.5) is 0 Å². The summed E-state index contributed by atoms with van der Waals surface area (Å²) >= 11 is 0. The van der Waals surface area contributed by atoms with E-state index in [4.69, 9.17) is 25.3 Å². The minimum absolute atomic E-state index is 0.158. The van der Waals surface area contributed by atoms with Gasteiger partial charge in [-0.25, -0.2) is 0 Å². The predicted octanol–water partition coefficient (Wildman–Crippen LogP) is 0.187. The van der Waals surface area contributed by atoms with E-state index in [9.17, 15) is 9.13 Å². The molecule has 0 spiro atoms. The molecule has 9 heteroatoms. The van der Waals surface area contributed by atoms with Gasteiger partial charge < -0.3 is 25.3 Å². The van der Waals surface area contributed by atoms with Gasteiger partial charge in [0.15, 0.2) is 0 Å². The zero-order chi connectivity index (χ0) is 12.1. The van der Waals surface area contributed by atoms with Crippen LogP contribution >= 0.6 is 15.2 Å². The molecular formula is C6H17NO6P2. The van der Waals surface area contributed by atoms with Gasteiger partial charge in [0.05, 0.1) is 0 Å². The normalized spacial score (nSPS) is 15.3. The van der Waals surface area contributed by atoms with Crippen LogP contribution in [0.2, 0.25) is 0 Å². The van der Waals surface area contributed by atoms with Crippen molar-refractivity contribution in [3.63, 3.8) is 0 Å². The fourth-order valence-electron chi connectivity index (χ4n) is 1.02. The van der Waals surface area contributed by atoms with E-state index in [0.717, 1.165) is 0 Å².